The summed E-state index contributed by atoms with van der Waals surface area (Å²) in [7, 11) is 0. The van der Waals surface area contributed by atoms with Gasteiger partial charge in [0.25, 0.3) is 5.91 Å². The van der Waals surface area contributed by atoms with Gasteiger partial charge in [-0.25, -0.2) is 0 Å². The molecule has 0 saturated carbocycles. The van der Waals surface area contributed by atoms with E-state index in [2.05, 4.69) is 5.32 Å². The highest BCUT2D eigenvalue weighted by molar-refractivity contribution is 7.17. The predicted molar refractivity (Wildman–Crippen MR) is 77.7 cm³/mol. The van der Waals surface area contributed by atoms with Gasteiger partial charge in [-0.3, -0.25) is 4.79 Å². The fourth-order valence-electron chi connectivity index (χ4n) is 1.68. The lowest BCUT2D eigenvalue weighted by molar-refractivity contribution is 0.0527. The quantitative estimate of drug-likeness (QED) is 0.911. The standard InChI is InChI=1S/C14H14ClNO2S/c1-14(18,10-5-3-2-4-6-10)9-16-13(17)11-7-8-12(15)19-11/h2-8,18H,9H2,1H3,(H,16,17)/t14-/m0/s1. The molecule has 100 valence electrons. The number of nitrogens with one attached hydrogen (secondary N) is 1. The first kappa shape index (κ1) is 14.1. The molecule has 1 aromatic heterocycles. The number of aliphatic hydroxyl groups is 1. The molecular weight excluding hydrogens is 282 g/mol. The van der Waals surface area contributed by atoms with Crippen molar-refractivity contribution in [1.82, 2.24) is 5.32 Å². The highest BCUT2D eigenvalue weighted by Crippen LogP contribution is 2.22. The van der Waals surface area contributed by atoms with Crippen molar-refractivity contribution in [3.63, 3.8) is 0 Å². The Balaban J connectivity index is 2.00. The van der Waals surface area contributed by atoms with Crippen molar-refractivity contribution in [2.24, 2.45) is 0 Å². The monoisotopic (exact) mass is 295 g/mol. The molecule has 1 amide bonds. The lowest BCUT2D eigenvalue weighted by Crippen LogP contribution is -2.38. The zero-order valence-electron chi connectivity index (χ0n) is 10.4. The van der Waals surface area contributed by atoms with Gasteiger partial charge in [0.15, 0.2) is 0 Å². The number of hydrogen-bond donors (Lipinski definition) is 2. The third kappa shape index (κ3) is 3.56. The lowest BCUT2D eigenvalue weighted by Gasteiger charge is -2.24. The molecule has 0 bridgehead atoms. The molecule has 0 aliphatic rings. The van der Waals surface area contributed by atoms with E-state index in [1.807, 2.05) is 30.3 Å². The van der Waals surface area contributed by atoms with Crippen LogP contribution in [0.5, 0.6) is 0 Å². The Kier molecular flexibility index (Phi) is 4.24. The highest BCUT2D eigenvalue weighted by atomic mass is 35.5. The van der Waals surface area contributed by atoms with Crippen molar-refractivity contribution in [2.45, 2.75) is 12.5 Å². The third-order valence-corrected chi connectivity index (χ3v) is 4.02. The molecule has 3 nitrogen and oxygen atoms in total. The maximum absolute atomic E-state index is 11.9. The van der Waals surface area contributed by atoms with Gasteiger partial charge in [0.2, 0.25) is 0 Å². The number of amides is 1. The number of benzene rings is 1. The Hall–Kier alpha value is -1.36. The van der Waals surface area contributed by atoms with Crippen molar-refractivity contribution >= 4 is 28.8 Å². The fraction of sp³-hybridized carbons (Fsp3) is 0.214. The average molecular weight is 296 g/mol. The van der Waals surface area contributed by atoms with E-state index >= 15 is 0 Å². The van der Waals surface area contributed by atoms with Crippen LogP contribution in [0.1, 0.15) is 22.2 Å². The first-order valence-corrected chi connectivity index (χ1v) is 7.00. The minimum absolute atomic E-state index is 0.144. The molecule has 5 heteroatoms. The maximum atomic E-state index is 11.9. The summed E-state index contributed by atoms with van der Waals surface area (Å²) < 4.78 is 0.569. The normalized spacial score (nSPS) is 13.8. The van der Waals surface area contributed by atoms with Crippen LogP contribution in [0, 0.1) is 0 Å². The number of thiophene rings is 1. The van der Waals surface area contributed by atoms with Gasteiger partial charge in [-0.05, 0) is 24.6 Å². The van der Waals surface area contributed by atoms with E-state index < -0.39 is 5.60 Å². The molecule has 0 aliphatic carbocycles. The summed E-state index contributed by atoms with van der Waals surface area (Å²) in [6, 6.07) is 12.6. The number of carbonyl (C=O) groups is 1. The van der Waals surface area contributed by atoms with Crippen molar-refractivity contribution in [2.75, 3.05) is 6.54 Å². The Labute approximate surface area is 120 Å². The molecule has 2 aromatic rings. The van der Waals surface area contributed by atoms with Crippen molar-refractivity contribution in [1.29, 1.82) is 0 Å². The van der Waals surface area contributed by atoms with E-state index in [0.29, 0.717) is 9.21 Å². The van der Waals surface area contributed by atoms with Crippen molar-refractivity contribution in [3.8, 4) is 0 Å². The molecule has 1 aromatic carbocycles. The molecule has 2 N–H and O–H groups in total. The van der Waals surface area contributed by atoms with Gasteiger partial charge >= 0.3 is 0 Å². The zero-order valence-corrected chi connectivity index (χ0v) is 12.0. The smallest absolute Gasteiger partial charge is 0.261 e. The van der Waals surface area contributed by atoms with E-state index in [1.165, 1.54) is 11.3 Å². The Bertz CT molecular complexity index is 566. The average Bonchev–Trinajstić information content (AvgIpc) is 2.84. The van der Waals surface area contributed by atoms with Crippen LogP contribution >= 0.6 is 22.9 Å². The summed E-state index contributed by atoms with van der Waals surface area (Å²) in [5, 5.41) is 13.1. The van der Waals surface area contributed by atoms with Crippen LogP contribution < -0.4 is 5.32 Å². The molecule has 19 heavy (non-hydrogen) atoms. The molecule has 0 fully saturated rings. The predicted octanol–water partition coefficient (Wildman–Crippen LogP) is 3.04. The second-order valence-corrected chi connectivity index (χ2v) is 6.14. The molecule has 1 heterocycles. The van der Waals surface area contributed by atoms with Crippen LogP contribution in [-0.2, 0) is 5.60 Å². The van der Waals surface area contributed by atoms with Crippen LogP contribution in [0.4, 0.5) is 0 Å². The Morgan fingerprint density at radius 3 is 2.58 bits per heavy atom. The highest BCUT2D eigenvalue weighted by Gasteiger charge is 2.23. The minimum Gasteiger partial charge on any atom is -0.384 e. The molecule has 2 rings (SSSR count). The second kappa shape index (κ2) is 5.74. The van der Waals surface area contributed by atoms with E-state index in [4.69, 9.17) is 11.6 Å². The summed E-state index contributed by atoms with van der Waals surface area (Å²) in [4.78, 5) is 12.4. The maximum Gasteiger partial charge on any atom is 0.261 e. The second-order valence-electron chi connectivity index (χ2n) is 4.43. The van der Waals surface area contributed by atoms with Crippen LogP contribution in [0.15, 0.2) is 42.5 Å². The first-order chi connectivity index (χ1) is 8.99. The molecule has 0 spiro atoms. The third-order valence-electron chi connectivity index (χ3n) is 2.79. The first-order valence-electron chi connectivity index (χ1n) is 5.80. The van der Waals surface area contributed by atoms with Gasteiger partial charge < -0.3 is 10.4 Å². The van der Waals surface area contributed by atoms with Gasteiger partial charge in [-0.1, -0.05) is 41.9 Å². The summed E-state index contributed by atoms with van der Waals surface area (Å²) in [6.07, 6.45) is 0. The zero-order chi connectivity index (χ0) is 13.9. The molecule has 0 radical (unpaired) electrons. The summed E-state index contributed by atoms with van der Waals surface area (Å²) >= 11 is 6.99. The van der Waals surface area contributed by atoms with E-state index in [1.54, 1.807) is 19.1 Å². The Morgan fingerprint density at radius 2 is 2.00 bits per heavy atom. The van der Waals surface area contributed by atoms with Gasteiger partial charge in [-0.15, -0.1) is 11.3 Å². The number of carbonyl (C=O) groups excluding carboxylic acids is 1. The molecule has 0 saturated heterocycles. The molecule has 1 atom stereocenters. The van der Waals surface area contributed by atoms with E-state index in [-0.39, 0.29) is 12.5 Å². The topological polar surface area (TPSA) is 49.3 Å². The van der Waals surface area contributed by atoms with Crippen LogP contribution in [0.25, 0.3) is 0 Å². The van der Waals surface area contributed by atoms with Gasteiger partial charge in [0, 0.05) is 0 Å². The van der Waals surface area contributed by atoms with Gasteiger partial charge in [0.05, 0.1) is 15.8 Å². The van der Waals surface area contributed by atoms with Gasteiger partial charge in [-0.2, -0.15) is 0 Å². The van der Waals surface area contributed by atoms with Crippen LogP contribution in [0.2, 0.25) is 4.34 Å². The summed E-state index contributed by atoms with van der Waals surface area (Å²) in [6.45, 7) is 1.81. The van der Waals surface area contributed by atoms with Crippen molar-refractivity contribution < 1.29 is 9.90 Å². The number of rotatable bonds is 4. The number of hydrogen-bond acceptors (Lipinski definition) is 3. The number of halogens is 1. The van der Waals surface area contributed by atoms with Crippen LogP contribution in [-0.4, -0.2) is 17.6 Å². The molecular formula is C14H14ClNO2S. The summed E-state index contributed by atoms with van der Waals surface area (Å²) in [5.41, 5.74) is -0.336. The van der Waals surface area contributed by atoms with Crippen molar-refractivity contribution in [3.05, 3.63) is 57.2 Å². The lowest BCUT2D eigenvalue weighted by atomic mass is 9.96. The Morgan fingerprint density at radius 1 is 1.32 bits per heavy atom. The van der Waals surface area contributed by atoms with Gasteiger partial charge in [0.1, 0.15) is 5.60 Å². The van der Waals surface area contributed by atoms with E-state index in [0.717, 1.165) is 5.56 Å². The van der Waals surface area contributed by atoms with E-state index in [9.17, 15) is 9.90 Å². The fourth-order valence-corrected chi connectivity index (χ4v) is 2.63. The molecule has 0 unspecified atom stereocenters. The summed E-state index contributed by atoms with van der Waals surface area (Å²) in [5.74, 6) is -0.229. The van der Waals surface area contributed by atoms with Crippen LogP contribution in [0.3, 0.4) is 0 Å². The largest absolute Gasteiger partial charge is 0.384 e. The molecule has 0 aliphatic heterocycles. The SMILES string of the molecule is C[C@](O)(CNC(=O)c1ccc(Cl)s1)c1ccccc1. The minimum atomic E-state index is -1.10.